The first-order chi connectivity index (χ1) is 11.8. The monoisotopic (exact) mass is 375 g/mol. The Morgan fingerprint density at radius 1 is 1.28 bits per heavy atom. The third-order valence-electron chi connectivity index (χ3n) is 4.48. The first-order valence-electron chi connectivity index (χ1n) is 7.76. The van der Waals surface area contributed by atoms with E-state index in [4.69, 9.17) is 17.3 Å². The Hall–Kier alpha value is -1.71. The molecule has 0 spiro atoms. The summed E-state index contributed by atoms with van der Waals surface area (Å²) in [6, 6.07) is 0.213. The van der Waals surface area contributed by atoms with Crippen molar-refractivity contribution in [1.29, 1.82) is 0 Å². The lowest BCUT2D eigenvalue weighted by molar-refractivity contribution is 0.216. The highest BCUT2D eigenvalue weighted by Gasteiger charge is 2.33. The van der Waals surface area contributed by atoms with Gasteiger partial charge in [0.15, 0.2) is 28.0 Å². The number of aliphatic hydroxyl groups excluding tert-OH is 1. The second kappa shape index (κ2) is 6.89. The Kier molecular flexibility index (Phi) is 4.99. The fourth-order valence-corrected chi connectivity index (χ4v) is 3.60. The largest absolute Gasteiger partial charge is 0.395 e. The van der Waals surface area contributed by atoms with Gasteiger partial charge in [-0.05, 0) is 25.7 Å². The van der Waals surface area contributed by atoms with E-state index in [1.807, 2.05) is 11.9 Å². The molecule has 1 aliphatic heterocycles. The van der Waals surface area contributed by atoms with E-state index >= 15 is 0 Å². The van der Waals surface area contributed by atoms with Crippen molar-refractivity contribution in [3.05, 3.63) is 51.1 Å². The molecule has 1 aromatic heterocycles. The molecule has 25 heavy (non-hydrogen) atoms. The number of likely N-dealkylation sites (N-methyl/N-ethyl adjacent to an activating group) is 1. The summed E-state index contributed by atoms with van der Waals surface area (Å²) in [7, 11) is 1.81. The fraction of sp³-hybridized carbons (Fsp3) is 0.438. The maximum atomic E-state index is 14.1. The van der Waals surface area contributed by atoms with Gasteiger partial charge in [-0.25, -0.2) is 17.6 Å². The van der Waals surface area contributed by atoms with Gasteiger partial charge in [0.05, 0.1) is 12.3 Å². The van der Waals surface area contributed by atoms with Crippen LogP contribution in [0.2, 0.25) is 0 Å². The molecule has 0 fully saturated rings. The van der Waals surface area contributed by atoms with Crippen molar-refractivity contribution < 1.29 is 22.7 Å². The van der Waals surface area contributed by atoms with Crippen LogP contribution in [0.5, 0.6) is 0 Å². The van der Waals surface area contributed by atoms with Crippen molar-refractivity contribution in [1.82, 2.24) is 14.5 Å². The number of fused-ring (bicyclic) bond motifs is 1. The van der Waals surface area contributed by atoms with Crippen LogP contribution in [0.1, 0.15) is 22.9 Å². The quantitative estimate of drug-likeness (QED) is 0.480. The average molecular weight is 375 g/mol. The molecule has 3 rings (SSSR count). The zero-order valence-corrected chi connectivity index (χ0v) is 14.3. The average Bonchev–Trinajstić information content (AvgIpc) is 3.08. The zero-order valence-electron chi connectivity index (χ0n) is 13.5. The highest BCUT2D eigenvalue weighted by atomic mass is 32.1. The van der Waals surface area contributed by atoms with E-state index in [1.54, 1.807) is 4.57 Å². The number of imidazole rings is 1. The van der Waals surface area contributed by atoms with Crippen LogP contribution < -0.4 is 0 Å². The molecule has 0 radical (unpaired) electrons. The minimum absolute atomic E-state index is 0.00507. The standard InChI is InChI=1S/C16H17F4N3OS/c1-22(2-3-24)7-11-12-4-8(6-23(12)16(25)21-11)13-14(19)9(17)5-10(18)15(13)20/h5,8,24H,2-4,6-7H2,1H3,(H,21,25). The third-order valence-corrected chi connectivity index (χ3v) is 4.81. The van der Waals surface area contributed by atoms with Crippen molar-refractivity contribution >= 4 is 12.2 Å². The molecule has 0 amide bonds. The molecule has 2 aromatic rings. The van der Waals surface area contributed by atoms with Gasteiger partial charge >= 0.3 is 0 Å². The van der Waals surface area contributed by atoms with Crippen LogP contribution in [0, 0.1) is 28.0 Å². The number of hydrogen-bond acceptors (Lipinski definition) is 3. The van der Waals surface area contributed by atoms with E-state index in [-0.39, 0.29) is 25.6 Å². The summed E-state index contributed by atoms with van der Waals surface area (Å²) in [5, 5.41) is 8.99. The lowest BCUT2D eigenvalue weighted by Crippen LogP contribution is -2.22. The smallest absolute Gasteiger partial charge is 0.177 e. The summed E-state index contributed by atoms with van der Waals surface area (Å²) in [6.45, 7) is 1.05. The summed E-state index contributed by atoms with van der Waals surface area (Å²) in [4.78, 5) is 4.91. The number of rotatable bonds is 5. The molecule has 2 N–H and O–H groups in total. The van der Waals surface area contributed by atoms with E-state index in [9.17, 15) is 17.6 Å². The Balaban J connectivity index is 1.94. The maximum absolute atomic E-state index is 14.1. The Morgan fingerprint density at radius 2 is 1.92 bits per heavy atom. The molecule has 0 aliphatic carbocycles. The van der Waals surface area contributed by atoms with E-state index in [0.29, 0.717) is 17.9 Å². The molecular weight excluding hydrogens is 358 g/mol. The van der Waals surface area contributed by atoms with Crippen molar-refractivity contribution in [3.8, 4) is 0 Å². The van der Waals surface area contributed by atoms with Crippen LogP contribution in [-0.2, 0) is 19.5 Å². The summed E-state index contributed by atoms with van der Waals surface area (Å²) < 4.78 is 57.2. The molecule has 136 valence electrons. The van der Waals surface area contributed by atoms with Crippen LogP contribution in [0.15, 0.2) is 6.07 Å². The predicted molar refractivity (Wildman–Crippen MR) is 85.8 cm³/mol. The maximum Gasteiger partial charge on any atom is 0.177 e. The number of H-pyrrole nitrogens is 1. The van der Waals surface area contributed by atoms with Crippen molar-refractivity contribution in [3.63, 3.8) is 0 Å². The number of aromatic amines is 1. The fourth-order valence-electron chi connectivity index (χ4n) is 3.29. The first kappa shape index (κ1) is 18.1. The summed E-state index contributed by atoms with van der Waals surface area (Å²) in [6.07, 6.45) is 0.214. The Bertz CT molecular complexity index is 838. The van der Waals surface area contributed by atoms with Crippen molar-refractivity contribution in [2.24, 2.45) is 0 Å². The van der Waals surface area contributed by atoms with E-state index < -0.39 is 34.8 Å². The normalized spacial score (nSPS) is 16.7. The summed E-state index contributed by atoms with van der Waals surface area (Å²) >= 11 is 5.24. The zero-order chi connectivity index (χ0) is 18.3. The van der Waals surface area contributed by atoms with Gasteiger partial charge in [-0.3, -0.25) is 4.90 Å². The van der Waals surface area contributed by atoms with Crippen LogP contribution >= 0.6 is 12.2 Å². The van der Waals surface area contributed by atoms with Gasteiger partial charge < -0.3 is 14.7 Å². The van der Waals surface area contributed by atoms with Gasteiger partial charge in [0.1, 0.15) is 0 Å². The lowest BCUT2D eigenvalue weighted by atomic mass is 9.95. The molecule has 9 heteroatoms. The van der Waals surface area contributed by atoms with Crippen molar-refractivity contribution in [2.75, 3.05) is 20.2 Å². The molecule has 1 atom stereocenters. The second-order valence-corrected chi connectivity index (χ2v) is 6.60. The van der Waals surface area contributed by atoms with E-state index in [0.717, 1.165) is 11.4 Å². The van der Waals surface area contributed by atoms with Gasteiger partial charge in [-0.1, -0.05) is 0 Å². The third kappa shape index (κ3) is 3.23. The van der Waals surface area contributed by atoms with Gasteiger partial charge in [-0.15, -0.1) is 0 Å². The molecule has 0 saturated heterocycles. The van der Waals surface area contributed by atoms with Gasteiger partial charge in [0.25, 0.3) is 0 Å². The number of hydrogen-bond donors (Lipinski definition) is 2. The minimum Gasteiger partial charge on any atom is -0.395 e. The molecule has 0 saturated carbocycles. The number of aliphatic hydroxyl groups is 1. The number of nitrogens with zero attached hydrogens (tertiary/aromatic N) is 2. The SMILES string of the molecule is CN(CCO)Cc1[nH]c(=S)n2c1CC(c1c(F)c(F)cc(F)c1F)C2. The van der Waals surface area contributed by atoms with Gasteiger partial charge in [0, 0.05) is 42.9 Å². The van der Waals surface area contributed by atoms with Crippen LogP contribution in [0.4, 0.5) is 17.6 Å². The Morgan fingerprint density at radius 3 is 2.52 bits per heavy atom. The first-order valence-corrected chi connectivity index (χ1v) is 8.17. The molecule has 2 heterocycles. The molecule has 0 bridgehead atoms. The van der Waals surface area contributed by atoms with Gasteiger partial charge in [-0.2, -0.15) is 0 Å². The summed E-state index contributed by atoms with van der Waals surface area (Å²) in [5.74, 6) is -6.26. The molecule has 1 unspecified atom stereocenters. The molecule has 4 nitrogen and oxygen atoms in total. The minimum atomic E-state index is -1.40. The number of nitrogens with one attached hydrogen (secondary N) is 1. The highest BCUT2D eigenvalue weighted by molar-refractivity contribution is 7.71. The van der Waals surface area contributed by atoms with E-state index in [2.05, 4.69) is 4.98 Å². The highest BCUT2D eigenvalue weighted by Crippen LogP contribution is 2.36. The predicted octanol–water partition coefficient (Wildman–Crippen LogP) is 2.87. The van der Waals surface area contributed by atoms with E-state index in [1.165, 1.54) is 0 Å². The lowest BCUT2D eigenvalue weighted by Gasteiger charge is -2.15. The summed E-state index contributed by atoms with van der Waals surface area (Å²) in [5.41, 5.74) is 0.940. The number of benzene rings is 1. The van der Waals surface area contributed by atoms with Crippen molar-refractivity contribution in [2.45, 2.75) is 25.4 Å². The second-order valence-electron chi connectivity index (χ2n) is 6.21. The molecular formula is C16H17F4N3OS. The molecule has 1 aromatic carbocycles. The topological polar surface area (TPSA) is 44.2 Å². The molecule has 1 aliphatic rings. The Labute approximate surface area is 146 Å². The van der Waals surface area contributed by atoms with Gasteiger partial charge in [0.2, 0.25) is 0 Å². The van der Waals surface area contributed by atoms with Crippen LogP contribution in [0.25, 0.3) is 0 Å². The van der Waals surface area contributed by atoms with Crippen LogP contribution in [-0.4, -0.2) is 39.8 Å². The number of halogens is 4. The number of aromatic nitrogens is 2. The van der Waals surface area contributed by atoms with Crippen LogP contribution in [0.3, 0.4) is 0 Å².